The van der Waals surface area contributed by atoms with E-state index in [9.17, 15) is 14.7 Å². The molecule has 0 aromatic heterocycles. The molecule has 1 unspecified atom stereocenters. The Labute approximate surface area is 200 Å². The highest BCUT2D eigenvalue weighted by Crippen LogP contribution is 2.39. The van der Waals surface area contributed by atoms with Crippen LogP contribution in [0.15, 0.2) is 84.4 Å². The molecule has 1 aliphatic heterocycles. The van der Waals surface area contributed by atoms with Gasteiger partial charge in [0.05, 0.1) is 18.2 Å². The molecule has 34 heavy (non-hydrogen) atoms. The monoisotopic (exact) mass is 455 g/mol. The zero-order chi connectivity index (χ0) is 24.1. The van der Waals surface area contributed by atoms with Gasteiger partial charge < -0.3 is 14.7 Å². The fourth-order valence-electron chi connectivity index (χ4n) is 4.21. The molecule has 1 N–H and O–H groups in total. The quantitative estimate of drug-likeness (QED) is 0.279. The number of amides is 1. The van der Waals surface area contributed by atoms with Gasteiger partial charge in [-0.2, -0.15) is 0 Å². The van der Waals surface area contributed by atoms with Crippen LogP contribution < -0.4 is 4.74 Å². The fraction of sp³-hybridized carbons (Fsp3) is 0.241. The smallest absolute Gasteiger partial charge is 0.295 e. The SMILES string of the molecule is CCCOc1cccc(/C(O)=C2\C(=O)C(=O)N(CCc3ccccc3)C2c2ccc(C)cc2)c1. The molecule has 1 fully saturated rings. The van der Waals surface area contributed by atoms with Gasteiger partial charge in [-0.05, 0) is 43.0 Å². The van der Waals surface area contributed by atoms with Crippen LogP contribution in [-0.2, 0) is 16.0 Å². The summed E-state index contributed by atoms with van der Waals surface area (Å²) in [5.41, 5.74) is 3.50. The Balaban J connectivity index is 1.75. The van der Waals surface area contributed by atoms with Gasteiger partial charge >= 0.3 is 0 Å². The van der Waals surface area contributed by atoms with E-state index in [-0.39, 0.29) is 11.3 Å². The molecule has 0 saturated carbocycles. The Bertz CT molecular complexity index is 1200. The van der Waals surface area contributed by atoms with Gasteiger partial charge in [-0.3, -0.25) is 9.59 Å². The summed E-state index contributed by atoms with van der Waals surface area (Å²) >= 11 is 0. The lowest BCUT2D eigenvalue weighted by atomic mass is 9.94. The number of benzene rings is 3. The summed E-state index contributed by atoms with van der Waals surface area (Å²) in [5, 5.41) is 11.3. The summed E-state index contributed by atoms with van der Waals surface area (Å²) in [4.78, 5) is 27.9. The van der Waals surface area contributed by atoms with E-state index < -0.39 is 17.7 Å². The van der Waals surface area contributed by atoms with Gasteiger partial charge in [0.15, 0.2) is 0 Å². The van der Waals surface area contributed by atoms with E-state index in [0.29, 0.717) is 30.9 Å². The molecule has 5 nitrogen and oxygen atoms in total. The van der Waals surface area contributed by atoms with Gasteiger partial charge in [-0.1, -0.05) is 79.2 Å². The van der Waals surface area contributed by atoms with Crippen molar-refractivity contribution in [2.24, 2.45) is 0 Å². The number of rotatable bonds is 8. The van der Waals surface area contributed by atoms with Gasteiger partial charge in [0, 0.05) is 12.1 Å². The third kappa shape index (κ3) is 4.88. The molecule has 1 aliphatic rings. The molecule has 3 aromatic rings. The van der Waals surface area contributed by atoms with E-state index in [2.05, 4.69) is 0 Å². The predicted molar refractivity (Wildman–Crippen MR) is 133 cm³/mol. The number of hydrogen-bond donors (Lipinski definition) is 1. The summed E-state index contributed by atoms with van der Waals surface area (Å²) < 4.78 is 5.69. The number of ether oxygens (including phenoxy) is 1. The Hall–Kier alpha value is -3.86. The average molecular weight is 456 g/mol. The molecule has 4 rings (SSSR count). The van der Waals surface area contributed by atoms with Gasteiger partial charge in [0.1, 0.15) is 11.5 Å². The van der Waals surface area contributed by atoms with E-state index in [4.69, 9.17) is 4.74 Å². The molecule has 5 heteroatoms. The van der Waals surface area contributed by atoms with Crippen molar-refractivity contribution < 1.29 is 19.4 Å². The maximum absolute atomic E-state index is 13.2. The minimum absolute atomic E-state index is 0.106. The van der Waals surface area contributed by atoms with Crippen molar-refractivity contribution in [3.05, 3.63) is 107 Å². The number of likely N-dealkylation sites (tertiary alicyclic amines) is 1. The second kappa shape index (κ2) is 10.4. The van der Waals surface area contributed by atoms with Crippen molar-refractivity contribution in [1.82, 2.24) is 4.90 Å². The van der Waals surface area contributed by atoms with E-state index in [1.165, 1.54) is 0 Å². The van der Waals surface area contributed by atoms with Crippen molar-refractivity contribution in [3.8, 4) is 5.75 Å². The normalized spacial score (nSPS) is 17.2. The minimum atomic E-state index is -0.670. The topological polar surface area (TPSA) is 66.8 Å². The highest BCUT2D eigenvalue weighted by molar-refractivity contribution is 6.46. The lowest BCUT2D eigenvalue weighted by molar-refractivity contribution is -0.139. The second-order valence-corrected chi connectivity index (χ2v) is 8.52. The first-order chi connectivity index (χ1) is 16.5. The largest absolute Gasteiger partial charge is 0.507 e. The minimum Gasteiger partial charge on any atom is -0.507 e. The zero-order valence-corrected chi connectivity index (χ0v) is 19.5. The van der Waals surface area contributed by atoms with Crippen LogP contribution in [0.25, 0.3) is 5.76 Å². The number of carbonyl (C=O) groups is 2. The number of aryl methyl sites for hydroxylation is 1. The second-order valence-electron chi connectivity index (χ2n) is 8.52. The number of Topliss-reactive ketones (excluding diaryl/α,β-unsaturated/α-hetero) is 1. The van der Waals surface area contributed by atoms with Crippen molar-refractivity contribution in [2.45, 2.75) is 32.7 Å². The van der Waals surface area contributed by atoms with Crippen LogP contribution in [0.1, 0.15) is 41.6 Å². The van der Waals surface area contributed by atoms with Gasteiger partial charge in [0.2, 0.25) is 0 Å². The average Bonchev–Trinajstić information content (AvgIpc) is 3.12. The molecule has 1 atom stereocenters. The van der Waals surface area contributed by atoms with Crippen LogP contribution in [0.5, 0.6) is 5.75 Å². The van der Waals surface area contributed by atoms with Crippen molar-refractivity contribution in [1.29, 1.82) is 0 Å². The van der Waals surface area contributed by atoms with E-state index in [1.807, 2.05) is 74.5 Å². The molecule has 0 aliphatic carbocycles. The number of hydrogen-bond acceptors (Lipinski definition) is 4. The van der Waals surface area contributed by atoms with Gasteiger partial charge in [-0.15, -0.1) is 0 Å². The first-order valence-corrected chi connectivity index (χ1v) is 11.6. The highest BCUT2D eigenvalue weighted by atomic mass is 16.5. The molecule has 0 bridgehead atoms. The lowest BCUT2D eigenvalue weighted by Crippen LogP contribution is -2.31. The van der Waals surface area contributed by atoms with E-state index in [0.717, 1.165) is 23.1 Å². The number of ketones is 1. The van der Waals surface area contributed by atoms with Crippen LogP contribution in [0.4, 0.5) is 0 Å². The Morgan fingerprint density at radius 3 is 2.41 bits per heavy atom. The van der Waals surface area contributed by atoms with E-state index in [1.54, 1.807) is 23.1 Å². The number of nitrogens with zero attached hydrogens (tertiary/aromatic N) is 1. The standard InChI is InChI=1S/C29H29NO4/c1-3-18-34-24-11-7-10-23(19-24)27(31)25-26(22-14-12-20(2)13-15-22)30(29(33)28(25)32)17-16-21-8-5-4-6-9-21/h4-15,19,26,31H,3,16-18H2,1-2H3/b27-25+. The van der Waals surface area contributed by atoms with Gasteiger partial charge in [0.25, 0.3) is 11.7 Å². The summed E-state index contributed by atoms with van der Waals surface area (Å²) in [5.74, 6) is -0.846. The van der Waals surface area contributed by atoms with Crippen LogP contribution in [-0.4, -0.2) is 34.8 Å². The molecule has 174 valence electrons. The fourth-order valence-corrected chi connectivity index (χ4v) is 4.21. The Morgan fingerprint density at radius 1 is 0.971 bits per heavy atom. The van der Waals surface area contributed by atoms with Crippen LogP contribution >= 0.6 is 0 Å². The highest BCUT2D eigenvalue weighted by Gasteiger charge is 2.45. The first-order valence-electron chi connectivity index (χ1n) is 11.6. The predicted octanol–water partition coefficient (Wildman–Crippen LogP) is 5.45. The van der Waals surface area contributed by atoms with Gasteiger partial charge in [-0.25, -0.2) is 0 Å². The molecule has 0 spiro atoms. The summed E-state index contributed by atoms with van der Waals surface area (Å²) in [6.07, 6.45) is 1.47. The molecule has 0 radical (unpaired) electrons. The number of aliphatic hydroxyl groups is 1. The third-order valence-corrected chi connectivity index (χ3v) is 6.00. The van der Waals surface area contributed by atoms with Crippen molar-refractivity contribution >= 4 is 17.4 Å². The van der Waals surface area contributed by atoms with Crippen molar-refractivity contribution in [3.63, 3.8) is 0 Å². The summed E-state index contributed by atoms with van der Waals surface area (Å²) in [6.45, 7) is 4.92. The van der Waals surface area contributed by atoms with Crippen molar-refractivity contribution in [2.75, 3.05) is 13.2 Å². The molecule has 3 aromatic carbocycles. The third-order valence-electron chi connectivity index (χ3n) is 6.00. The Kier molecular flexibility index (Phi) is 7.12. The van der Waals surface area contributed by atoms with E-state index >= 15 is 0 Å². The summed E-state index contributed by atoms with van der Waals surface area (Å²) in [7, 11) is 0. The molecule has 1 heterocycles. The lowest BCUT2D eigenvalue weighted by Gasteiger charge is -2.25. The van der Waals surface area contributed by atoms with Crippen LogP contribution in [0.3, 0.4) is 0 Å². The maximum atomic E-state index is 13.2. The summed E-state index contributed by atoms with van der Waals surface area (Å²) in [6, 6.07) is 23.9. The molecule has 1 amide bonds. The van der Waals surface area contributed by atoms with Crippen LogP contribution in [0, 0.1) is 6.92 Å². The zero-order valence-electron chi connectivity index (χ0n) is 19.5. The number of aliphatic hydroxyl groups excluding tert-OH is 1. The molecule has 1 saturated heterocycles. The molecular formula is C29H29NO4. The Morgan fingerprint density at radius 2 is 1.71 bits per heavy atom. The maximum Gasteiger partial charge on any atom is 0.295 e. The first kappa shape index (κ1) is 23.3. The number of carbonyl (C=O) groups excluding carboxylic acids is 2. The van der Waals surface area contributed by atoms with Crippen LogP contribution in [0.2, 0.25) is 0 Å². The molecular weight excluding hydrogens is 426 g/mol.